The highest BCUT2D eigenvalue weighted by Gasteiger charge is 2.45. The summed E-state index contributed by atoms with van der Waals surface area (Å²) in [5, 5.41) is 15.8. The first-order valence-corrected chi connectivity index (χ1v) is 27.6. The van der Waals surface area contributed by atoms with Gasteiger partial charge in [-0.3, -0.25) is 14.4 Å². The number of carbonyl (C=O) groups excluding carboxylic acids is 2. The zero-order chi connectivity index (χ0) is 56.0. The molecule has 3 N–H and O–H groups in total. The third-order valence-electron chi connectivity index (χ3n) is 14.9. The molecule has 3 aromatic rings. The fourth-order valence-corrected chi connectivity index (χ4v) is 10.5. The second-order valence-corrected chi connectivity index (χ2v) is 26.7. The summed E-state index contributed by atoms with van der Waals surface area (Å²) in [6.45, 7) is 14.4. The monoisotopic (exact) mass is 1040 g/mol. The van der Waals surface area contributed by atoms with E-state index in [0.29, 0.717) is 25.0 Å². The predicted molar refractivity (Wildman–Crippen MR) is 313 cm³/mol. The van der Waals surface area contributed by atoms with Crippen LogP contribution in [0, 0.1) is 0 Å². The largest absolute Gasteiger partial charge is 0.481 e. The summed E-state index contributed by atoms with van der Waals surface area (Å²) in [6, 6.07) is 20.7. The van der Waals surface area contributed by atoms with Gasteiger partial charge in [-0.05, 0) is 116 Å². The number of nitrogens with zero attached hydrogens (tertiary/aromatic N) is 6. The first-order chi connectivity index (χ1) is 35.3. The summed E-state index contributed by atoms with van der Waals surface area (Å²) >= 11 is 0. The number of fused-ring (bicyclic) bond motifs is 2. The minimum absolute atomic E-state index is 0.0219. The lowest BCUT2D eigenvalue weighted by Crippen LogP contribution is -2.37. The molecule has 13 nitrogen and oxygen atoms in total. The molecule has 6 rings (SSSR count). The van der Waals surface area contributed by atoms with Crippen molar-refractivity contribution in [1.82, 2.24) is 0 Å². The number of carboxylic acids is 1. The van der Waals surface area contributed by atoms with Gasteiger partial charge in [0.05, 0.1) is 135 Å². The number of amides is 2. The number of ether oxygens (including phenoxy) is 1. The van der Waals surface area contributed by atoms with E-state index in [0.717, 1.165) is 123 Å². The molecule has 0 unspecified atom stereocenters. The average Bonchev–Trinajstić information content (AvgIpc) is 3.64. The lowest BCUT2D eigenvalue weighted by molar-refractivity contribution is -0.871. The van der Waals surface area contributed by atoms with E-state index in [-0.39, 0.29) is 29.1 Å². The van der Waals surface area contributed by atoms with Crippen LogP contribution in [-0.4, -0.2) is 175 Å². The normalized spacial score (nSPS) is 17.7. The third-order valence-corrected chi connectivity index (χ3v) is 14.9. The molecule has 76 heavy (non-hydrogen) atoms. The van der Waals surface area contributed by atoms with Gasteiger partial charge in [0.15, 0.2) is 12.3 Å². The first kappa shape index (κ1) is 59.4. The number of nitrogens with one attached hydrogen (secondary N) is 2. The van der Waals surface area contributed by atoms with Crippen molar-refractivity contribution in [2.45, 2.75) is 96.3 Å². The quantitative estimate of drug-likeness (QED) is 0.0609. The van der Waals surface area contributed by atoms with Gasteiger partial charge in [0.25, 0.3) is 0 Å². The van der Waals surface area contributed by atoms with Crippen LogP contribution in [-0.2, 0) is 31.6 Å². The van der Waals surface area contributed by atoms with Crippen LogP contribution in [0.4, 0.5) is 22.7 Å². The molecule has 0 spiro atoms. The van der Waals surface area contributed by atoms with Gasteiger partial charge in [0.2, 0.25) is 17.5 Å². The average molecular weight is 1040 g/mol. The standard InChI is InChI=1S/C63H92N8O5/c1-62(2)52-44-49(64-58(72)36-42-70(11,12)13)27-31-54(52)66(38-18-40-68(5,6)7)56(62)33-25-47-20-17-21-48(61(47)76-51-29-22-46(23-30-51)24-35-60(74)75)26-34-57-63(3,4)53-45-50(65-59(73)37-43-71(14,15)16)28-32-55(53)67(57)39-19-41-69(8,9)10/h22-23,25-34,44-45H,17-21,24,35-43H2,1-16H3/q+2/p+3. The van der Waals surface area contributed by atoms with Crippen molar-refractivity contribution in [3.05, 3.63) is 124 Å². The highest BCUT2D eigenvalue weighted by molar-refractivity contribution is 6.04. The van der Waals surface area contributed by atoms with Crippen molar-refractivity contribution >= 4 is 46.2 Å². The number of quaternary nitrogens is 4. The van der Waals surface area contributed by atoms with Gasteiger partial charge in [-0.25, -0.2) is 0 Å². The van der Waals surface area contributed by atoms with Crippen LogP contribution < -0.4 is 20.3 Å². The maximum absolute atomic E-state index is 13.2. The van der Waals surface area contributed by atoms with Crippen LogP contribution in [0.15, 0.2) is 108 Å². The molecule has 13 heteroatoms. The number of allylic oxidation sites excluding steroid dienone is 7. The van der Waals surface area contributed by atoms with Gasteiger partial charge in [-0.2, -0.15) is 4.58 Å². The van der Waals surface area contributed by atoms with E-state index in [1.54, 1.807) is 0 Å². The Bertz CT molecular complexity index is 2770. The van der Waals surface area contributed by atoms with Crippen LogP contribution in [0.5, 0.6) is 5.75 Å². The van der Waals surface area contributed by atoms with E-state index in [4.69, 9.17) is 4.74 Å². The van der Waals surface area contributed by atoms with Gasteiger partial charge >= 0.3 is 5.97 Å². The number of hydrogen-bond acceptors (Lipinski definition) is 5. The molecule has 0 atom stereocenters. The molecule has 3 aliphatic rings. The first-order valence-electron chi connectivity index (χ1n) is 27.6. The second-order valence-electron chi connectivity index (χ2n) is 26.7. The molecule has 2 heterocycles. The number of anilines is 3. The Kier molecular flexibility index (Phi) is 18.6. The predicted octanol–water partition coefficient (Wildman–Crippen LogP) is 10.0. The van der Waals surface area contributed by atoms with Crippen molar-refractivity contribution in [3.8, 4) is 5.75 Å². The SMILES string of the molecule is CC1(C)C(=CC=C2CCCC(/C=C/C3=[N+](CCC[N+](C)(C)C)c4ccc(NC(=O)CC[N+](C)(C)C)cc4C3(C)C)=C2Oc2ccc(CCC(=O)O)cc2)N(CCC[N+](C)(C)C)c2ccc(NC(=O)CC[N+](C)(C)C)cc21. The highest BCUT2D eigenvalue weighted by Crippen LogP contribution is 2.49. The molecule has 2 aliphatic heterocycles. The maximum Gasteiger partial charge on any atom is 0.303 e. The minimum atomic E-state index is -0.816. The lowest BCUT2D eigenvalue weighted by Gasteiger charge is -2.29. The molecule has 3 aromatic carbocycles. The second kappa shape index (κ2) is 23.8. The molecular weight excluding hydrogens is 949 g/mol. The van der Waals surface area contributed by atoms with Gasteiger partial charge in [0, 0.05) is 65.3 Å². The van der Waals surface area contributed by atoms with E-state index in [2.05, 4.69) is 181 Å². The van der Waals surface area contributed by atoms with Crippen molar-refractivity contribution in [2.75, 3.05) is 139 Å². The number of carboxylic acid groups (broad SMARTS) is 1. The molecule has 1 aliphatic carbocycles. The molecule has 0 fully saturated rings. The zero-order valence-electron chi connectivity index (χ0n) is 49.5. The zero-order valence-corrected chi connectivity index (χ0v) is 49.5. The highest BCUT2D eigenvalue weighted by atomic mass is 16.5. The number of rotatable bonds is 24. The van der Waals surface area contributed by atoms with E-state index < -0.39 is 5.97 Å². The Morgan fingerprint density at radius 3 is 1.80 bits per heavy atom. The Balaban J connectivity index is 1.43. The van der Waals surface area contributed by atoms with E-state index in [1.807, 2.05) is 36.4 Å². The van der Waals surface area contributed by atoms with Crippen LogP contribution >= 0.6 is 0 Å². The van der Waals surface area contributed by atoms with Crippen molar-refractivity contribution in [1.29, 1.82) is 0 Å². The number of benzene rings is 3. The number of aryl methyl sites for hydroxylation is 1. The molecule has 0 bridgehead atoms. The Hall–Kier alpha value is -5.86. The van der Waals surface area contributed by atoms with Gasteiger partial charge in [-0.15, -0.1) is 0 Å². The van der Waals surface area contributed by atoms with Crippen molar-refractivity contribution in [3.63, 3.8) is 0 Å². The van der Waals surface area contributed by atoms with Gasteiger partial charge < -0.3 is 43.3 Å². The van der Waals surface area contributed by atoms with Gasteiger partial charge in [-0.1, -0.05) is 32.1 Å². The molecule has 0 aromatic heterocycles. The summed E-state index contributed by atoms with van der Waals surface area (Å²) in [4.78, 5) is 40.3. The Morgan fingerprint density at radius 2 is 1.22 bits per heavy atom. The number of aliphatic carboxylic acids is 1. The lowest BCUT2D eigenvalue weighted by atomic mass is 9.80. The summed E-state index contributed by atoms with van der Waals surface area (Å²) in [5.74, 6) is 0.766. The van der Waals surface area contributed by atoms with Crippen molar-refractivity contribution in [2.24, 2.45) is 0 Å². The van der Waals surface area contributed by atoms with Crippen LogP contribution in [0.1, 0.15) is 95.8 Å². The summed E-state index contributed by atoms with van der Waals surface area (Å²) in [5.41, 5.74) is 11.2. The van der Waals surface area contributed by atoms with Crippen LogP contribution in [0.2, 0.25) is 0 Å². The third kappa shape index (κ3) is 16.3. The molecule has 0 saturated carbocycles. The molecule has 2 amide bonds. The minimum Gasteiger partial charge on any atom is -0.481 e. The number of carbonyl (C=O) groups is 3. The Labute approximate surface area is 456 Å². The molecule has 0 saturated heterocycles. The van der Waals surface area contributed by atoms with Crippen LogP contribution in [0.25, 0.3) is 0 Å². The summed E-state index contributed by atoms with van der Waals surface area (Å²) < 4.78 is 12.7. The Morgan fingerprint density at radius 1 is 0.658 bits per heavy atom. The van der Waals surface area contributed by atoms with E-state index in [9.17, 15) is 19.5 Å². The maximum atomic E-state index is 13.2. The molecular formula is C63H95N8O5+5. The van der Waals surface area contributed by atoms with E-state index in [1.165, 1.54) is 33.9 Å². The van der Waals surface area contributed by atoms with E-state index >= 15 is 0 Å². The van der Waals surface area contributed by atoms with Gasteiger partial charge in [0.1, 0.15) is 11.5 Å². The fraction of sp³-hybridized carbons (Fsp3) is 0.524. The van der Waals surface area contributed by atoms with Crippen LogP contribution in [0.3, 0.4) is 0 Å². The number of hydrogen-bond donors (Lipinski definition) is 3. The summed E-state index contributed by atoms with van der Waals surface area (Å²) in [6.07, 6.45) is 15.2. The summed E-state index contributed by atoms with van der Waals surface area (Å²) in [7, 11) is 26.1. The fourth-order valence-electron chi connectivity index (χ4n) is 10.5. The smallest absolute Gasteiger partial charge is 0.303 e. The topological polar surface area (TPSA) is 111 Å². The molecule has 0 radical (unpaired) electrons. The molecule has 412 valence electrons. The van der Waals surface area contributed by atoms with Crippen molar-refractivity contribution < 1.29 is 46.7 Å².